The summed E-state index contributed by atoms with van der Waals surface area (Å²) in [7, 11) is -3.09. The Morgan fingerprint density at radius 3 is 2.72 bits per heavy atom. The predicted molar refractivity (Wildman–Crippen MR) is 106 cm³/mol. The van der Waals surface area contributed by atoms with E-state index in [1.807, 2.05) is 0 Å². The maximum Gasteiger partial charge on any atom is 0.257 e. The molecule has 9 heteroatoms. The van der Waals surface area contributed by atoms with Crippen LogP contribution in [-0.4, -0.2) is 60.6 Å². The molecule has 2 aromatic rings. The fraction of sp³-hybridized carbons (Fsp3) is 0.400. The van der Waals surface area contributed by atoms with E-state index in [4.69, 9.17) is 15.3 Å². The molecule has 4 rings (SSSR count). The van der Waals surface area contributed by atoms with Gasteiger partial charge in [-0.15, -0.1) is 6.42 Å². The van der Waals surface area contributed by atoms with Crippen LogP contribution in [0.15, 0.2) is 50.7 Å². The molecule has 0 spiro atoms. The Hall–Kier alpha value is -2.83. The summed E-state index contributed by atoms with van der Waals surface area (Å²) in [4.78, 5) is 14.9. The lowest BCUT2D eigenvalue weighted by Crippen LogP contribution is -2.44. The number of rotatable bonds is 6. The summed E-state index contributed by atoms with van der Waals surface area (Å²) in [6, 6.07) is 6.46. The van der Waals surface area contributed by atoms with E-state index in [1.165, 1.54) is 5.01 Å². The first-order valence-electron chi connectivity index (χ1n) is 9.31. The Kier molecular flexibility index (Phi) is 5.30. The zero-order chi connectivity index (χ0) is 20.4. The molecule has 2 atom stereocenters. The van der Waals surface area contributed by atoms with E-state index in [9.17, 15) is 13.2 Å². The van der Waals surface area contributed by atoms with E-state index >= 15 is 0 Å². The molecule has 2 aromatic heterocycles. The van der Waals surface area contributed by atoms with Gasteiger partial charge >= 0.3 is 0 Å². The Morgan fingerprint density at radius 2 is 2.10 bits per heavy atom. The third-order valence-electron chi connectivity index (χ3n) is 5.20. The molecule has 152 valence electrons. The van der Waals surface area contributed by atoms with E-state index in [0.29, 0.717) is 30.1 Å². The van der Waals surface area contributed by atoms with Crippen LogP contribution in [0.3, 0.4) is 0 Å². The van der Waals surface area contributed by atoms with Crippen LogP contribution < -0.4 is 0 Å². The van der Waals surface area contributed by atoms with E-state index in [2.05, 4.69) is 11.0 Å². The van der Waals surface area contributed by atoms with Crippen molar-refractivity contribution in [3.05, 3.63) is 48.3 Å². The minimum Gasteiger partial charge on any atom is -0.467 e. The normalized spacial score (nSPS) is 23.3. The number of carbonyl (C=O) groups is 1. The molecule has 2 aliphatic rings. The van der Waals surface area contributed by atoms with Crippen molar-refractivity contribution in [3.8, 4) is 12.3 Å². The van der Waals surface area contributed by atoms with Crippen molar-refractivity contribution < 1.29 is 22.0 Å². The van der Waals surface area contributed by atoms with Gasteiger partial charge in [0.05, 0.1) is 37.1 Å². The van der Waals surface area contributed by atoms with Crippen LogP contribution in [0, 0.1) is 12.3 Å². The first-order valence-corrected chi connectivity index (χ1v) is 11.1. The molecule has 0 saturated carbocycles. The van der Waals surface area contributed by atoms with Crippen molar-refractivity contribution in [1.29, 1.82) is 0 Å². The van der Waals surface area contributed by atoms with Gasteiger partial charge in [-0.3, -0.25) is 9.69 Å². The van der Waals surface area contributed by atoms with Crippen LogP contribution in [0.25, 0.3) is 0 Å². The minimum atomic E-state index is -3.09. The fourth-order valence-electron chi connectivity index (χ4n) is 3.78. The molecule has 0 aromatic carbocycles. The molecule has 0 aliphatic carbocycles. The lowest BCUT2D eigenvalue weighted by atomic mass is 10.1. The maximum absolute atomic E-state index is 13.2. The molecular formula is C20H21N3O5S. The van der Waals surface area contributed by atoms with E-state index < -0.39 is 15.9 Å². The van der Waals surface area contributed by atoms with Crippen molar-refractivity contribution >= 4 is 21.5 Å². The van der Waals surface area contributed by atoms with E-state index in [0.717, 1.165) is 0 Å². The quantitative estimate of drug-likeness (QED) is 0.666. The predicted octanol–water partition coefficient (Wildman–Crippen LogP) is 1.67. The van der Waals surface area contributed by atoms with E-state index in [-0.39, 0.29) is 36.5 Å². The summed E-state index contributed by atoms with van der Waals surface area (Å²) in [6.07, 6.45) is 9.50. The van der Waals surface area contributed by atoms with Gasteiger partial charge in [-0.25, -0.2) is 13.4 Å². The molecule has 1 saturated heterocycles. The maximum atomic E-state index is 13.2. The van der Waals surface area contributed by atoms with Crippen LogP contribution >= 0.6 is 0 Å². The molecule has 1 fully saturated rings. The van der Waals surface area contributed by atoms with Gasteiger partial charge in [0.1, 0.15) is 23.3 Å². The standard InChI is InChI=1S/C20H21N3O5S/c1-2-8-22(15-7-11-29(25,26)14-15)13-20(24)23-17(19-6-4-10-28-19)12-16(21-23)18-5-3-9-27-18/h1,3-6,9-10,15,17H,7-8,11-14H2. The lowest BCUT2D eigenvalue weighted by molar-refractivity contribution is -0.134. The monoisotopic (exact) mass is 415 g/mol. The number of terminal acetylenes is 1. The van der Waals surface area contributed by atoms with Crippen molar-refractivity contribution in [3.63, 3.8) is 0 Å². The second-order valence-corrected chi connectivity index (χ2v) is 9.39. The van der Waals surface area contributed by atoms with Crippen molar-refractivity contribution in [2.75, 3.05) is 24.6 Å². The number of amides is 1. The number of hydrogen-bond donors (Lipinski definition) is 0. The van der Waals surface area contributed by atoms with Gasteiger partial charge in [0.15, 0.2) is 9.84 Å². The molecule has 29 heavy (non-hydrogen) atoms. The summed E-state index contributed by atoms with van der Waals surface area (Å²) < 4.78 is 34.7. The largest absolute Gasteiger partial charge is 0.467 e. The second kappa shape index (κ2) is 7.89. The van der Waals surface area contributed by atoms with Gasteiger partial charge in [-0.05, 0) is 30.7 Å². The molecule has 2 unspecified atom stereocenters. The van der Waals surface area contributed by atoms with Gasteiger partial charge in [-0.1, -0.05) is 5.92 Å². The highest BCUT2D eigenvalue weighted by atomic mass is 32.2. The van der Waals surface area contributed by atoms with Gasteiger partial charge in [-0.2, -0.15) is 5.10 Å². The highest BCUT2D eigenvalue weighted by Gasteiger charge is 2.38. The van der Waals surface area contributed by atoms with Gasteiger partial charge < -0.3 is 8.83 Å². The molecule has 4 heterocycles. The van der Waals surface area contributed by atoms with E-state index in [1.54, 1.807) is 41.7 Å². The first kappa shape index (κ1) is 19.5. The summed E-state index contributed by atoms with van der Waals surface area (Å²) in [5.41, 5.74) is 0.650. The third kappa shape index (κ3) is 4.13. The number of sulfone groups is 1. The van der Waals surface area contributed by atoms with Crippen LogP contribution in [0.1, 0.15) is 30.4 Å². The third-order valence-corrected chi connectivity index (χ3v) is 6.95. The number of carbonyl (C=O) groups excluding carboxylic acids is 1. The Morgan fingerprint density at radius 1 is 1.31 bits per heavy atom. The topological polar surface area (TPSA) is 96.3 Å². The van der Waals surface area contributed by atoms with Crippen LogP contribution in [0.2, 0.25) is 0 Å². The smallest absolute Gasteiger partial charge is 0.257 e. The van der Waals surface area contributed by atoms with Gasteiger partial charge in [0, 0.05) is 12.5 Å². The average molecular weight is 415 g/mol. The number of hydrogen-bond acceptors (Lipinski definition) is 7. The second-order valence-electron chi connectivity index (χ2n) is 7.16. The van der Waals surface area contributed by atoms with Crippen LogP contribution in [0.5, 0.6) is 0 Å². The molecular weight excluding hydrogens is 394 g/mol. The highest BCUT2D eigenvalue weighted by molar-refractivity contribution is 7.91. The molecule has 0 radical (unpaired) electrons. The molecule has 8 nitrogen and oxygen atoms in total. The zero-order valence-corrected chi connectivity index (χ0v) is 16.5. The van der Waals surface area contributed by atoms with Crippen LogP contribution in [-0.2, 0) is 14.6 Å². The van der Waals surface area contributed by atoms with Gasteiger partial charge in [0.25, 0.3) is 5.91 Å². The molecule has 0 N–H and O–H groups in total. The highest BCUT2D eigenvalue weighted by Crippen LogP contribution is 2.33. The number of furan rings is 2. The Labute approximate surface area is 169 Å². The summed E-state index contributed by atoms with van der Waals surface area (Å²) >= 11 is 0. The number of hydrazone groups is 1. The summed E-state index contributed by atoms with van der Waals surface area (Å²) in [6.45, 7) is 0.177. The lowest BCUT2D eigenvalue weighted by Gasteiger charge is -2.28. The SMILES string of the molecule is C#CCN(CC(=O)N1N=C(c2ccco2)CC1c1ccco1)C1CCS(=O)(=O)C1. The van der Waals surface area contributed by atoms with Gasteiger partial charge in [0.2, 0.25) is 0 Å². The van der Waals surface area contributed by atoms with Crippen molar-refractivity contribution in [2.24, 2.45) is 5.10 Å². The summed E-state index contributed by atoms with van der Waals surface area (Å²) in [5, 5.41) is 5.88. The number of nitrogens with zero attached hydrogens (tertiary/aromatic N) is 3. The fourth-order valence-corrected chi connectivity index (χ4v) is 5.54. The van der Waals surface area contributed by atoms with Crippen LogP contribution in [0.4, 0.5) is 0 Å². The average Bonchev–Trinajstić information content (AvgIpc) is 3.45. The molecule has 2 aliphatic heterocycles. The molecule has 1 amide bonds. The van der Waals surface area contributed by atoms with Crippen molar-refractivity contribution in [1.82, 2.24) is 9.91 Å². The minimum absolute atomic E-state index is 0.0173. The summed E-state index contributed by atoms with van der Waals surface area (Å²) in [5.74, 6) is 3.61. The Balaban J connectivity index is 1.56. The van der Waals surface area contributed by atoms with Crippen molar-refractivity contribution in [2.45, 2.75) is 24.9 Å². The zero-order valence-electron chi connectivity index (χ0n) is 15.7. The first-order chi connectivity index (χ1) is 14.0. The Bertz CT molecular complexity index is 1030. The molecule has 0 bridgehead atoms.